The van der Waals surface area contributed by atoms with Crippen LogP contribution in [0.15, 0.2) is 17.0 Å². The number of hydrogen-bond donors (Lipinski definition) is 1. The highest BCUT2D eigenvalue weighted by molar-refractivity contribution is 7.91. The fourth-order valence-corrected chi connectivity index (χ4v) is 2.82. The van der Waals surface area contributed by atoms with E-state index in [9.17, 15) is 17.2 Å². The normalized spacial score (nSPS) is 12.5. The fraction of sp³-hybridized carbons (Fsp3) is 0.364. The van der Waals surface area contributed by atoms with Gasteiger partial charge in [-0.25, -0.2) is 13.4 Å². The first-order chi connectivity index (χ1) is 8.78. The van der Waals surface area contributed by atoms with Crippen LogP contribution in [0.1, 0.15) is 12.7 Å². The van der Waals surface area contributed by atoms with Crippen molar-refractivity contribution >= 4 is 26.6 Å². The van der Waals surface area contributed by atoms with Gasteiger partial charge < -0.3 is 10.3 Å². The number of anilines is 1. The quantitative estimate of drug-likeness (QED) is 0.876. The van der Waals surface area contributed by atoms with E-state index >= 15 is 0 Å². The number of aryl methyl sites for hydroxylation is 2. The van der Waals surface area contributed by atoms with Crippen LogP contribution in [0.4, 0.5) is 14.5 Å². The van der Waals surface area contributed by atoms with Crippen LogP contribution in [-0.4, -0.2) is 23.7 Å². The average Bonchev–Trinajstić information content (AvgIpc) is 2.64. The lowest BCUT2D eigenvalue weighted by Crippen LogP contribution is -2.12. The second-order valence-electron chi connectivity index (χ2n) is 4.09. The van der Waals surface area contributed by atoms with Gasteiger partial charge in [-0.05, 0) is 26.0 Å². The first kappa shape index (κ1) is 13.7. The summed E-state index contributed by atoms with van der Waals surface area (Å²) < 4.78 is 49.7. The molecule has 104 valence electrons. The van der Waals surface area contributed by atoms with Crippen molar-refractivity contribution in [3.05, 3.63) is 18.0 Å². The summed E-state index contributed by atoms with van der Waals surface area (Å²) in [7, 11) is -4.66. The number of nitrogens with zero attached hydrogens (tertiary/aromatic N) is 2. The van der Waals surface area contributed by atoms with E-state index in [1.165, 1.54) is 0 Å². The number of halogens is 2. The molecule has 1 aromatic carbocycles. The molecule has 0 fully saturated rings. The van der Waals surface area contributed by atoms with E-state index in [-0.39, 0.29) is 5.69 Å². The van der Waals surface area contributed by atoms with Crippen molar-refractivity contribution in [2.75, 3.05) is 5.73 Å². The largest absolute Gasteiger partial charge is 0.397 e. The molecule has 2 aromatic rings. The molecule has 0 spiro atoms. The van der Waals surface area contributed by atoms with Crippen LogP contribution in [0.3, 0.4) is 0 Å². The van der Waals surface area contributed by atoms with Crippen LogP contribution >= 0.6 is 0 Å². The minimum atomic E-state index is -4.66. The van der Waals surface area contributed by atoms with E-state index in [0.29, 0.717) is 23.4 Å². The van der Waals surface area contributed by atoms with Crippen LogP contribution in [0.5, 0.6) is 0 Å². The number of sulfone groups is 1. The predicted molar refractivity (Wildman–Crippen MR) is 67.7 cm³/mol. The van der Waals surface area contributed by atoms with Gasteiger partial charge in [0.15, 0.2) is 0 Å². The lowest BCUT2D eigenvalue weighted by molar-refractivity contribution is 0.235. The van der Waals surface area contributed by atoms with Gasteiger partial charge in [0.1, 0.15) is 5.82 Å². The fourth-order valence-electron chi connectivity index (χ4n) is 2.04. The van der Waals surface area contributed by atoms with Gasteiger partial charge in [0.05, 0.1) is 21.6 Å². The van der Waals surface area contributed by atoms with Gasteiger partial charge in [-0.1, -0.05) is 0 Å². The Labute approximate surface area is 109 Å². The Morgan fingerprint density at radius 2 is 2.05 bits per heavy atom. The van der Waals surface area contributed by atoms with Crippen LogP contribution in [0, 0.1) is 6.92 Å². The summed E-state index contributed by atoms with van der Waals surface area (Å²) >= 11 is 0. The Morgan fingerprint density at radius 1 is 1.42 bits per heavy atom. The van der Waals surface area contributed by atoms with Crippen LogP contribution in [0.25, 0.3) is 11.0 Å². The van der Waals surface area contributed by atoms with Gasteiger partial charge in [0.25, 0.3) is 0 Å². The molecule has 0 aliphatic heterocycles. The molecule has 19 heavy (non-hydrogen) atoms. The number of aromatic nitrogens is 2. The predicted octanol–water partition coefficient (Wildman–Crippen LogP) is 1.94. The minimum Gasteiger partial charge on any atom is -0.397 e. The highest BCUT2D eigenvalue weighted by Gasteiger charge is 2.28. The smallest absolute Gasteiger partial charge is 0.341 e. The van der Waals surface area contributed by atoms with Gasteiger partial charge in [0, 0.05) is 6.54 Å². The zero-order chi connectivity index (χ0) is 14.4. The molecule has 0 atom stereocenters. The second kappa shape index (κ2) is 4.44. The first-order valence-electron chi connectivity index (χ1n) is 5.57. The molecule has 5 nitrogen and oxygen atoms in total. The maximum Gasteiger partial charge on any atom is 0.341 e. The monoisotopic (exact) mass is 289 g/mol. The number of imidazole rings is 1. The summed E-state index contributed by atoms with van der Waals surface area (Å²) in [5, 5.41) is 0. The number of rotatable bonds is 3. The third kappa shape index (κ3) is 2.05. The van der Waals surface area contributed by atoms with Crippen molar-refractivity contribution in [1.29, 1.82) is 0 Å². The molecular weight excluding hydrogens is 276 g/mol. The summed E-state index contributed by atoms with van der Waals surface area (Å²) in [6.45, 7) is 4.23. The number of nitrogens with two attached hydrogens (primary N) is 1. The summed E-state index contributed by atoms with van der Waals surface area (Å²) in [6, 6.07) is 2.18. The summed E-state index contributed by atoms with van der Waals surface area (Å²) in [5.74, 6) is -2.82. The molecule has 0 unspecified atom stereocenters. The van der Waals surface area contributed by atoms with E-state index in [0.717, 1.165) is 12.1 Å². The van der Waals surface area contributed by atoms with Crippen molar-refractivity contribution < 1.29 is 17.2 Å². The lowest BCUT2D eigenvalue weighted by atomic mass is 10.2. The highest BCUT2D eigenvalue weighted by Crippen LogP contribution is 2.28. The second-order valence-corrected chi connectivity index (χ2v) is 6.01. The van der Waals surface area contributed by atoms with E-state index in [1.54, 1.807) is 11.5 Å². The Balaban J connectivity index is 2.78. The van der Waals surface area contributed by atoms with Gasteiger partial charge in [-0.3, -0.25) is 0 Å². The Kier molecular flexibility index (Phi) is 3.21. The molecule has 0 amide bonds. The molecule has 0 aliphatic carbocycles. The maximum absolute atomic E-state index is 12.5. The topological polar surface area (TPSA) is 78.0 Å². The van der Waals surface area contributed by atoms with Crippen LogP contribution < -0.4 is 5.73 Å². The number of fused-ring (bicyclic) bond motifs is 1. The molecule has 0 aliphatic rings. The lowest BCUT2D eigenvalue weighted by Gasteiger charge is -2.07. The Bertz CT molecular complexity index is 738. The standard InChI is InChI=1S/C11H13F2N3O2S/c1-3-16-6(2)15-9-5-7(4-8(14)10(9)16)19(17,18)11(12)13/h4-5,11H,3,14H2,1-2H3. The Hall–Kier alpha value is -1.70. The highest BCUT2D eigenvalue weighted by atomic mass is 32.2. The molecule has 1 heterocycles. The van der Waals surface area contributed by atoms with Crippen molar-refractivity contribution in [2.45, 2.75) is 31.0 Å². The molecule has 0 saturated heterocycles. The third-order valence-electron chi connectivity index (χ3n) is 2.91. The molecule has 0 bridgehead atoms. The van der Waals surface area contributed by atoms with Crippen molar-refractivity contribution in [3.8, 4) is 0 Å². The zero-order valence-electron chi connectivity index (χ0n) is 10.4. The van der Waals surface area contributed by atoms with Crippen molar-refractivity contribution in [1.82, 2.24) is 9.55 Å². The summed E-state index contributed by atoms with van der Waals surface area (Å²) in [4.78, 5) is 3.65. The van der Waals surface area contributed by atoms with Gasteiger partial charge in [-0.2, -0.15) is 8.78 Å². The van der Waals surface area contributed by atoms with E-state index in [1.807, 2.05) is 6.92 Å². The molecule has 0 saturated carbocycles. The summed E-state index contributed by atoms with van der Waals surface area (Å²) in [5.41, 5.74) is 6.77. The SMILES string of the molecule is CCn1c(C)nc2cc(S(=O)(=O)C(F)F)cc(N)c21. The number of hydrogen-bond acceptors (Lipinski definition) is 4. The van der Waals surface area contributed by atoms with E-state index < -0.39 is 20.5 Å². The minimum absolute atomic E-state index is 0.124. The number of benzene rings is 1. The maximum atomic E-state index is 12.5. The molecule has 8 heteroatoms. The Morgan fingerprint density at radius 3 is 2.58 bits per heavy atom. The third-order valence-corrected chi connectivity index (χ3v) is 4.28. The first-order valence-corrected chi connectivity index (χ1v) is 7.12. The van der Waals surface area contributed by atoms with Crippen molar-refractivity contribution in [2.24, 2.45) is 0 Å². The summed E-state index contributed by atoms with van der Waals surface area (Å²) in [6.07, 6.45) is 0. The van der Waals surface area contributed by atoms with Gasteiger partial charge in [-0.15, -0.1) is 0 Å². The van der Waals surface area contributed by atoms with E-state index in [2.05, 4.69) is 4.98 Å². The van der Waals surface area contributed by atoms with Gasteiger partial charge >= 0.3 is 5.76 Å². The molecule has 0 radical (unpaired) electrons. The number of alkyl halides is 2. The van der Waals surface area contributed by atoms with Gasteiger partial charge in [0.2, 0.25) is 9.84 Å². The van der Waals surface area contributed by atoms with E-state index in [4.69, 9.17) is 5.73 Å². The average molecular weight is 289 g/mol. The molecular formula is C11H13F2N3O2S. The zero-order valence-corrected chi connectivity index (χ0v) is 11.2. The molecule has 2 rings (SSSR count). The van der Waals surface area contributed by atoms with Crippen LogP contribution in [0.2, 0.25) is 0 Å². The van der Waals surface area contributed by atoms with Crippen molar-refractivity contribution in [3.63, 3.8) is 0 Å². The van der Waals surface area contributed by atoms with Crippen LogP contribution in [-0.2, 0) is 16.4 Å². The molecule has 2 N–H and O–H groups in total. The molecule has 1 aromatic heterocycles. The number of nitrogen functional groups attached to an aromatic ring is 1.